The van der Waals surface area contributed by atoms with E-state index < -0.39 is 4.92 Å². The highest BCUT2D eigenvalue weighted by molar-refractivity contribution is 5.70. The van der Waals surface area contributed by atoms with Crippen molar-refractivity contribution >= 4 is 23.3 Å². The van der Waals surface area contributed by atoms with Gasteiger partial charge in [0, 0.05) is 19.1 Å². The monoisotopic (exact) mass is 350 g/mol. The Morgan fingerprint density at radius 2 is 1.84 bits per heavy atom. The van der Waals surface area contributed by atoms with Crippen molar-refractivity contribution in [3.63, 3.8) is 0 Å². The second-order valence-corrected chi connectivity index (χ2v) is 7.00. The van der Waals surface area contributed by atoms with Gasteiger partial charge >= 0.3 is 5.69 Å². The van der Waals surface area contributed by atoms with Crippen molar-refractivity contribution in [2.24, 2.45) is 0 Å². The van der Waals surface area contributed by atoms with Crippen molar-refractivity contribution in [1.29, 1.82) is 0 Å². The van der Waals surface area contributed by atoms with Gasteiger partial charge in [-0.1, -0.05) is 19.3 Å². The normalized spacial score (nSPS) is 25.0. The summed E-state index contributed by atoms with van der Waals surface area (Å²) in [7, 11) is 0. The Balaban J connectivity index is 1.90. The van der Waals surface area contributed by atoms with Gasteiger partial charge in [0.2, 0.25) is 17.6 Å². The van der Waals surface area contributed by atoms with Gasteiger partial charge in [0.1, 0.15) is 0 Å². The van der Waals surface area contributed by atoms with Crippen LogP contribution < -0.4 is 16.0 Å². The molecular formula is C16H26N6O3. The molecular weight excluding hydrogens is 324 g/mol. The number of nitro groups is 1. The number of anilines is 3. The molecule has 0 amide bonds. The smallest absolute Gasteiger partial charge is 0.353 e. The molecule has 2 heterocycles. The van der Waals surface area contributed by atoms with E-state index in [1.807, 2.05) is 18.7 Å². The van der Waals surface area contributed by atoms with E-state index in [-0.39, 0.29) is 35.6 Å². The summed E-state index contributed by atoms with van der Waals surface area (Å²) in [4.78, 5) is 21.6. The van der Waals surface area contributed by atoms with Crippen LogP contribution in [0.5, 0.6) is 0 Å². The van der Waals surface area contributed by atoms with Crippen molar-refractivity contribution < 1.29 is 9.66 Å². The summed E-state index contributed by atoms with van der Waals surface area (Å²) in [5, 5.41) is 14.7. The average Bonchev–Trinajstić information content (AvgIpc) is 2.54. The molecule has 9 heteroatoms. The van der Waals surface area contributed by atoms with Gasteiger partial charge in [-0.2, -0.15) is 9.97 Å². The molecule has 0 radical (unpaired) electrons. The molecule has 1 saturated carbocycles. The van der Waals surface area contributed by atoms with Crippen molar-refractivity contribution in [2.45, 2.75) is 64.2 Å². The minimum absolute atomic E-state index is 0.0403. The Labute approximate surface area is 147 Å². The molecule has 1 aliphatic heterocycles. The second kappa shape index (κ2) is 7.38. The van der Waals surface area contributed by atoms with Crippen LogP contribution in [-0.2, 0) is 4.74 Å². The molecule has 2 fully saturated rings. The summed E-state index contributed by atoms with van der Waals surface area (Å²) in [5.41, 5.74) is 5.68. The Hall–Kier alpha value is -2.16. The third-order valence-corrected chi connectivity index (χ3v) is 4.73. The molecule has 3 rings (SSSR count). The van der Waals surface area contributed by atoms with Crippen LogP contribution in [0, 0.1) is 10.1 Å². The molecule has 0 aromatic carbocycles. The first-order valence-corrected chi connectivity index (χ1v) is 8.93. The van der Waals surface area contributed by atoms with Gasteiger partial charge in [-0.3, -0.25) is 10.1 Å². The molecule has 2 aliphatic rings. The zero-order chi connectivity index (χ0) is 18.0. The van der Waals surface area contributed by atoms with E-state index in [0.29, 0.717) is 19.0 Å². The molecule has 0 bridgehead atoms. The fourth-order valence-corrected chi connectivity index (χ4v) is 3.66. The largest absolute Gasteiger partial charge is 0.378 e. The average molecular weight is 350 g/mol. The van der Waals surface area contributed by atoms with Crippen molar-refractivity contribution in [3.8, 4) is 0 Å². The fourth-order valence-electron chi connectivity index (χ4n) is 3.66. The summed E-state index contributed by atoms with van der Waals surface area (Å²) in [6, 6.07) is 0.192. The lowest BCUT2D eigenvalue weighted by atomic mass is 9.95. The van der Waals surface area contributed by atoms with Gasteiger partial charge < -0.3 is 20.7 Å². The van der Waals surface area contributed by atoms with Crippen LogP contribution in [0.15, 0.2) is 0 Å². The van der Waals surface area contributed by atoms with Crippen molar-refractivity contribution in [3.05, 3.63) is 10.1 Å². The quantitative estimate of drug-likeness (QED) is 0.627. The SMILES string of the molecule is C[C@H]1CN(c2nc(N)c([N+](=O)[O-])c(NC3CCCCC3)n2)C[C@H](C)O1. The van der Waals surface area contributed by atoms with E-state index in [1.165, 1.54) is 6.42 Å². The molecule has 1 aliphatic carbocycles. The number of rotatable bonds is 4. The predicted octanol–water partition coefficient (Wildman–Crippen LogP) is 2.33. The van der Waals surface area contributed by atoms with E-state index in [2.05, 4.69) is 15.3 Å². The van der Waals surface area contributed by atoms with Crippen LogP contribution in [0.1, 0.15) is 46.0 Å². The standard InChI is InChI=1S/C16H26N6O3/c1-10-8-21(9-11(2)25-10)16-19-14(17)13(22(23)24)15(20-16)18-12-6-4-3-5-7-12/h10-12H,3-9H2,1-2H3,(H3,17,18,19,20)/t10-,11-/m0/s1. The topological polar surface area (TPSA) is 119 Å². The molecule has 2 atom stereocenters. The summed E-state index contributed by atoms with van der Waals surface area (Å²) in [6.07, 6.45) is 5.51. The lowest BCUT2D eigenvalue weighted by molar-refractivity contribution is -0.383. The van der Waals surface area contributed by atoms with E-state index in [4.69, 9.17) is 10.5 Å². The number of nitrogens with zero attached hydrogens (tertiary/aromatic N) is 4. The lowest BCUT2D eigenvalue weighted by Gasteiger charge is -2.35. The predicted molar refractivity (Wildman–Crippen MR) is 95.8 cm³/mol. The zero-order valence-corrected chi connectivity index (χ0v) is 14.8. The van der Waals surface area contributed by atoms with Gasteiger partial charge in [-0.15, -0.1) is 0 Å². The Morgan fingerprint density at radius 1 is 1.20 bits per heavy atom. The summed E-state index contributed by atoms with van der Waals surface area (Å²) < 4.78 is 5.73. The maximum Gasteiger partial charge on any atom is 0.353 e. The number of hydrogen-bond donors (Lipinski definition) is 2. The second-order valence-electron chi connectivity index (χ2n) is 7.00. The van der Waals surface area contributed by atoms with E-state index >= 15 is 0 Å². The number of morpholine rings is 1. The van der Waals surface area contributed by atoms with Crippen LogP contribution in [0.3, 0.4) is 0 Å². The van der Waals surface area contributed by atoms with Gasteiger partial charge in [0.05, 0.1) is 17.1 Å². The molecule has 1 aromatic rings. The number of nitrogens with two attached hydrogens (primary N) is 1. The Bertz CT molecular complexity index is 625. The zero-order valence-electron chi connectivity index (χ0n) is 14.8. The summed E-state index contributed by atoms with van der Waals surface area (Å²) in [5.74, 6) is 0.551. The number of hydrogen-bond acceptors (Lipinski definition) is 8. The maximum atomic E-state index is 11.4. The molecule has 138 valence electrons. The molecule has 1 aromatic heterocycles. The summed E-state index contributed by atoms with van der Waals surface area (Å²) >= 11 is 0. The van der Waals surface area contributed by atoms with Crippen LogP contribution in [-0.4, -0.2) is 46.2 Å². The molecule has 0 unspecified atom stereocenters. The third-order valence-electron chi connectivity index (χ3n) is 4.73. The van der Waals surface area contributed by atoms with Crippen LogP contribution >= 0.6 is 0 Å². The number of nitrogens with one attached hydrogen (secondary N) is 1. The highest BCUT2D eigenvalue weighted by atomic mass is 16.6. The first kappa shape index (κ1) is 17.7. The van der Waals surface area contributed by atoms with Gasteiger partial charge in [-0.25, -0.2) is 0 Å². The van der Waals surface area contributed by atoms with E-state index in [9.17, 15) is 10.1 Å². The van der Waals surface area contributed by atoms with Gasteiger partial charge in [0.15, 0.2) is 0 Å². The van der Waals surface area contributed by atoms with Crippen molar-refractivity contribution in [2.75, 3.05) is 29.0 Å². The summed E-state index contributed by atoms with van der Waals surface area (Å²) in [6.45, 7) is 5.23. The van der Waals surface area contributed by atoms with Crippen LogP contribution in [0.25, 0.3) is 0 Å². The minimum atomic E-state index is -0.505. The minimum Gasteiger partial charge on any atom is -0.378 e. The van der Waals surface area contributed by atoms with Crippen molar-refractivity contribution in [1.82, 2.24) is 9.97 Å². The highest BCUT2D eigenvalue weighted by Gasteiger charge is 2.30. The molecule has 0 spiro atoms. The fraction of sp³-hybridized carbons (Fsp3) is 0.750. The molecule has 25 heavy (non-hydrogen) atoms. The third kappa shape index (κ3) is 4.09. The van der Waals surface area contributed by atoms with Gasteiger partial charge in [0.25, 0.3) is 0 Å². The van der Waals surface area contributed by atoms with Gasteiger partial charge in [-0.05, 0) is 26.7 Å². The Morgan fingerprint density at radius 3 is 2.44 bits per heavy atom. The maximum absolute atomic E-state index is 11.4. The van der Waals surface area contributed by atoms with Crippen LogP contribution in [0.2, 0.25) is 0 Å². The Kier molecular flexibility index (Phi) is 5.22. The number of aromatic nitrogens is 2. The first-order chi connectivity index (χ1) is 11.9. The lowest BCUT2D eigenvalue weighted by Crippen LogP contribution is -2.46. The highest BCUT2D eigenvalue weighted by Crippen LogP contribution is 2.33. The van der Waals surface area contributed by atoms with E-state index in [1.54, 1.807) is 0 Å². The number of ether oxygens (including phenoxy) is 1. The number of nitrogen functional groups attached to an aromatic ring is 1. The molecule has 3 N–H and O–H groups in total. The molecule has 9 nitrogen and oxygen atoms in total. The van der Waals surface area contributed by atoms with E-state index in [0.717, 1.165) is 25.7 Å². The first-order valence-electron chi connectivity index (χ1n) is 8.93. The molecule has 1 saturated heterocycles. The van der Waals surface area contributed by atoms with Crippen LogP contribution in [0.4, 0.5) is 23.3 Å².